The first-order chi connectivity index (χ1) is 8.84. The van der Waals surface area contributed by atoms with Crippen molar-refractivity contribution in [3.05, 3.63) is 54.4 Å². The summed E-state index contributed by atoms with van der Waals surface area (Å²) in [5.74, 6) is 0.388. The van der Waals surface area contributed by atoms with Crippen LogP contribution in [-0.2, 0) is 0 Å². The van der Waals surface area contributed by atoms with E-state index in [0.29, 0.717) is 11.4 Å². The molecule has 0 aliphatic heterocycles. The number of carbonyl (C=O) groups is 1. The van der Waals surface area contributed by atoms with E-state index in [-0.39, 0.29) is 5.91 Å². The van der Waals surface area contributed by atoms with Gasteiger partial charge in [0, 0.05) is 17.6 Å². The molecule has 2 aromatic heterocycles. The minimum Gasteiger partial charge on any atom is -0.307 e. The van der Waals surface area contributed by atoms with Crippen molar-refractivity contribution < 1.29 is 4.79 Å². The van der Waals surface area contributed by atoms with Crippen LogP contribution in [0.5, 0.6) is 0 Å². The number of pyridine rings is 1. The second kappa shape index (κ2) is 4.29. The molecule has 1 amide bonds. The molecule has 0 saturated heterocycles. The number of hydrogen-bond acceptors (Lipinski definition) is 3. The summed E-state index contributed by atoms with van der Waals surface area (Å²) in [5, 5.41) is 10.0. The third-order valence-corrected chi connectivity index (χ3v) is 2.64. The number of carbonyl (C=O) groups excluding carboxylic acids is 1. The number of fused-ring (bicyclic) bond motifs is 1. The number of benzene rings is 1. The molecule has 5 nitrogen and oxygen atoms in total. The van der Waals surface area contributed by atoms with E-state index in [4.69, 9.17) is 0 Å². The maximum absolute atomic E-state index is 12.1. The number of para-hydroxylation sites is 1. The van der Waals surface area contributed by atoms with E-state index in [9.17, 15) is 4.79 Å². The third-order valence-electron chi connectivity index (χ3n) is 2.64. The first-order valence-electron chi connectivity index (χ1n) is 5.49. The van der Waals surface area contributed by atoms with E-state index < -0.39 is 0 Å². The zero-order valence-corrected chi connectivity index (χ0v) is 9.42. The van der Waals surface area contributed by atoms with E-state index in [0.717, 1.165) is 10.9 Å². The fourth-order valence-electron chi connectivity index (χ4n) is 1.81. The van der Waals surface area contributed by atoms with Crippen LogP contribution >= 0.6 is 0 Å². The van der Waals surface area contributed by atoms with E-state index in [1.54, 1.807) is 24.5 Å². The summed E-state index contributed by atoms with van der Waals surface area (Å²) in [7, 11) is 0. The molecule has 0 saturated carbocycles. The second-order valence-electron chi connectivity index (χ2n) is 3.80. The quantitative estimate of drug-likeness (QED) is 0.719. The minimum atomic E-state index is -0.183. The molecule has 2 heterocycles. The Morgan fingerprint density at radius 1 is 1.11 bits per heavy atom. The topological polar surface area (TPSA) is 70.7 Å². The Labute approximate surface area is 103 Å². The van der Waals surface area contributed by atoms with Gasteiger partial charge >= 0.3 is 0 Å². The van der Waals surface area contributed by atoms with Gasteiger partial charge in [-0.3, -0.25) is 14.9 Å². The Bertz CT molecular complexity index is 686. The van der Waals surface area contributed by atoms with Crippen molar-refractivity contribution in [2.45, 2.75) is 0 Å². The number of rotatable bonds is 2. The van der Waals surface area contributed by atoms with Crippen LogP contribution < -0.4 is 5.32 Å². The van der Waals surface area contributed by atoms with Crippen LogP contribution in [0.2, 0.25) is 0 Å². The van der Waals surface area contributed by atoms with Crippen LogP contribution in [-0.4, -0.2) is 21.1 Å². The van der Waals surface area contributed by atoms with Gasteiger partial charge in [0.1, 0.15) is 5.82 Å². The smallest absolute Gasteiger partial charge is 0.257 e. The highest BCUT2D eigenvalue weighted by atomic mass is 16.1. The molecule has 2 N–H and O–H groups in total. The van der Waals surface area contributed by atoms with E-state index in [2.05, 4.69) is 20.5 Å². The maximum Gasteiger partial charge on any atom is 0.257 e. The minimum absolute atomic E-state index is 0.183. The van der Waals surface area contributed by atoms with Crippen LogP contribution in [0.1, 0.15) is 10.4 Å². The third kappa shape index (κ3) is 1.82. The molecule has 0 aliphatic carbocycles. The predicted molar refractivity (Wildman–Crippen MR) is 68.3 cm³/mol. The van der Waals surface area contributed by atoms with Gasteiger partial charge in [-0.1, -0.05) is 18.2 Å². The highest BCUT2D eigenvalue weighted by Gasteiger charge is 2.10. The van der Waals surface area contributed by atoms with E-state index >= 15 is 0 Å². The van der Waals surface area contributed by atoms with Crippen molar-refractivity contribution in [2.75, 3.05) is 5.32 Å². The zero-order chi connectivity index (χ0) is 12.4. The van der Waals surface area contributed by atoms with E-state index in [1.165, 1.54) is 0 Å². The zero-order valence-electron chi connectivity index (χ0n) is 9.42. The summed E-state index contributed by atoms with van der Waals surface area (Å²) < 4.78 is 0. The first-order valence-corrected chi connectivity index (χ1v) is 5.49. The number of amides is 1. The monoisotopic (exact) mass is 238 g/mol. The number of H-pyrrole nitrogens is 1. The van der Waals surface area contributed by atoms with Crippen molar-refractivity contribution in [3.8, 4) is 0 Å². The first kappa shape index (κ1) is 10.5. The number of anilines is 1. The van der Waals surface area contributed by atoms with Crippen molar-refractivity contribution >= 4 is 22.6 Å². The van der Waals surface area contributed by atoms with Crippen LogP contribution in [0.4, 0.5) is 5.82 Å². The highest BCUT2D eigenvalue weighted by molar-refractivity contribution is 6.11. The molecule has 5 heteroatoms. The highest BCUT2D eigenvalue weighted by Crippen LogP contribution is 2.17. The van der Waals surface area contributed by atoms with Gasteiger partial charge in [-0.25, -0.2) is 0 Å². The molecule has 0 fully saturated rings. The van der Waals surface area contributed by atoms with Gasteiger partial charge in [0.05, 0.1) is 17.3 Å². The van der Waals surface area contributed by atoms with Gasteiger partial charge in [-0.05, 0) is 12.1 Å². The van der Waals surface area contributed by atoms with Gasteiger partial charge in [0.25, 0.3) is 5.91 Å². The Kier molecular flexibility index (Phi) is 2.49. The molecular weight excluding hydrogens is 228 g/mol. The van der Waals surface area contributed by atoms with Gasteiger partial charge in [-0.2, -0.15) is 5.10 Å². The number of nitrogens with zero attached hydrogens (tertiary/aromatic N) is 2. The summed E-state index contributed by atoms with van der Waals surface area (Å²) in [6, 6.07) is 10.9. The molecule has 0 unspecified atom stereocenters. The summed E-state index contributed by atoms with van der Waals surface area (Å²) in [4.78, 5) is 16.4. The van der Waals surface area contributed by atoms with Gasteiger partial charge in [0.15, 0.2) is 0 Å². The lowest BCUT2D eigenvalue weighted by molar-refractivity contribution is 0.102. The van der Waals surface area contributed by atoms with Gasteiger partial charge in [0.2, 0.25) is 0 Å². The maximum atomic E-state index is 12.1. The molecule has 3 aromatic rings. The Balaban J connectivity index is 2.01. The summed E-state index contributed by atoms with van der Waals surface area (Å²) in [6.45, 7) is 0. The standard InChI is InChI=1S/C13H10N4O/c18-13(16-12-6-8-15-17-12)10-5-7-14-11-4-2-1-3-9(10)11/h1-8H,(H2,15,16,17,18). The number of aromatic amines is 1. The summed E-state index contributed by atoms with van der Waals surface area (Å²) in [5.41, 5.74) is 1.39. The fourth-order valence-corrected chi connectivity index (χ4v) is 1.81. The average molecular weight is 238 g/mol. The number of aromatic nitrogens is 3. The second-order valence-corrected chi connectivity index (χ2v) is 3.80. The van der Waals surface area contributed by atoms with E-state index in [1.807, 2.05) is 24.3 Å². The molecule has 3 rings (SSSR count). The molecular formula is C13H10N4O. The predicted octanol–water partition coefficient (Wildman–Crippen LogP) is 2.21. The van der Waals surface area contributed by atoms with Gasteiger partial charge in [-0.15, -0.1) is 0 Å². The lowest BCUT2D eigenvalue weighted by Crippen LogP contribution is -2.12. The van der Waals surface area contributed by atoms with Crippen molar-refractivity contribution in [1.82, 2.24) is 15.2 Å². The molecule has 0 aliphatic rings. The molecule has 0 radical (unpaired) electrons. The molecule has 18 heavy (non-hydrogen) atoms. The largest absolute Gasteiger partial charge is 0.307 e. The molecule has 0 atom stereocenters. The Morgan fingerprint density at radius 3 is 2.83 bits per heavy atom. The fraction of sp³-hybridized carbons (Fsp3) is 0. The van der Waals surface area contributed by atoms with Crippen molar-refractivity contribution in [1.29, 1.82) is 0 Å². The Hall–Kier alpha value is -2.69. The lowest BCUT2D eigenvalue weighted by Gasteiger charge is -2.05. The summed E-state index contributed by atoms with van der Waals surface area (Å²) >= 11 is 0. The molecule has 88 valence electrons. The Morgan fingerprint density at radius 2 is 2.00 bits per heavy atom. The average Bonchev–Trinajstić information content (AvgIpc) is 2.91. The van der Waals surface area contributed by atoms with Crippen LogP contribution in [0.3, 0.4) is 0 Å². The normalized spacial score (nSPS) is 10.4. The molecule has 1 aromatic carbocycles. The summed E-state index contributed by atoms with van der Waals surface area (Å²) in [6.07, 6.45) is 3.21. The van der Waals surface area contributed by atoms with Crippen LogP contribution in [0.25, 0.3) is 10.9 Å². The van der Waals surface area contributed by atoms with Crippen LogP contribution in [0.15, 0.2) is 48.8 Å². The van der Waals surface area contributed by atoms with Gasteiger partial charge < -0.3 is 5.32 Å². The lowest BCUT2D eigenvalue weighted by atomic mass is 10.1. The number of hydrogen-bond donors (Lipinski definition) is 2. The van der Waals surface area contributed by atoms with Crippen LogP contribution in [0, 0.1) is 0 Å². The molecule has 0 spiro atoms. The number of nitrogens with one attached hydrogen (secondary N) is 2. The van der Waals surface area contributed by atoms with Crippen molar-refractivity contribution in [2.24, 2.45) is 0 Å². The molecule has 0 bridgehead atoms. The van der Waals surface area contributed by atoms with Crippen molar-refractivity contribution in [3.63, 3.8) is 0 Å². The SMILES string of the molecule is O=C(Nc1ccn[nH]1)c1ccnc2ccccc12.